The highest BCUT2D eigenvalue weighted by Crippen LogP contribution is 2.25. The summed E-state index contributed by atoms with van der Waals surface area (Å²) in [6.45, 7) is 0.788. The van der Waals surface area contributed by atoms with Crippen LogP contribution in [0.1, 0.15) is 11.1 Å². The molecule has 3 aromatic rings. The van der Waals surface area contributed by atoms with E-state index in [0.717, 1.165) is 16.0 Å². The summed E-state index contributed by atoms with van der Waals surface area (Å²) in [5, 5.41) is 5.53. The van der Waals surface area contributed by atoms with Crippen LogP contribution in [0.15, 0.2) is 82.8 Å². The standard InChI is InChI=1S/C21H21N3O3S/c1-27-15-17-6-2-3-7-20(17)28(26)19-10-8-18(9-11-19)24-21(25)23-14-16-5-4-12-22-13-16/h2-13H,14-15H2,1H3,(H2,23,24,25). The number of hydrogen-bond acceptors (Lipinski definition) is 4. The van der Waals surface area contributed by atoms with Crippen molar-refractivity contribution in [3.8, 4) is 0 Å². The molecule has 0 saturated carbocycles. The van der Waals surface area contributed by atoms with Crippen LogP contribution >= 0.6 is 0 Å². The van der Waals surface area contributed by atoms with Gasteiger partial charge in [-0.2, -0.15) is 0 Å². The molecule has 0 aliphatic rings. The number of hydrogen-bond donors (Lipinski definition) is 2. The van der Waals surface area contributed by atoms with Gasteiger partial charge in [0, 0.05) is 48.5 Å². The van der Waals surface area contributed by atoms with Crippen molar-refractivity contribution >= 4 is 22.9 Å². The summed E-state index contributed by atoms with van der Waals surface area (Å²) < 4.78 is 18.1. The number of rotatable bonds is 7. The number of nitrogens with one attached hydrogen (secondary N) is 2. The first-order chi connectivity index (χ1) is 13.7. The van der Waals surface area contributed by atoms with Crippen LogP contribution in [0, 0.1) is 0 Å². The third-order valence-corrected chi connectivity index (χ3v) is 5.47. The van der Waals surface area contributed by atoms with Gasteiger partial charge in [0.25, 0.3) is 0 Å². The second-order valence-corrected chi connectivity index (χ2v) is 7.45. The van der Waals surface area contributed by atoms with E-state index >= 15 is 0 Å². The first-order valence-electron chi connectivity index (χ1n) is 8.70. The number of aromatic nitrogens is 1. The second-order valence-electron chi connectivity index (χ2n) is 6.00. The zero-order chi connectivity index (χ0) is 19.8. The average molecular weight is 395 g/mol. The van der Waals surface area contributed by atoms with Crippen LogP contribution in [-0.2, 0) is 29.1 Å². The van der Waals surface area contributed by atoms with E-state index in [0.29, 0.717) is 23.7 Å². The van der Waals surface area contributed by atoms with Crippen molar-refractivity contribution in [1.29, 1.82) is 0 Å². The largest absolute Gasteiger partial charge is 0.606 e. The van der Waals surface area contributed by atoms with Crippen molar-refractivity contribution in [2.45, 2.75) is 22.9 Å². The molecule has 0 aliphatic carbocycles. The van der Waals surface area contributed by atoms with Gasteiger partial charge in [0.05, 0.1) is 6.61 Å². The SMILES string of the molecule is COCc1ccccc1[S+]([O-])c1ccc(NC(=O)NCc2cccnc2)cc1. The smallest absolute Gasteiger partial charge is 0.319 e. The highest BCUT2D eigenvalue weighted by molar-refractivity contribution is 7.91. The Hall–Kier alpha value is -2.87. The third-order valence-electron chi connectivity index (χ3n) is 3.97. The molecule has 0 aliphatic heterocycles. The molecule has 1 aromatic heterocycles. The minimum Gasteiger partial charge on any atom is -0.606 e. The Morgan fingerprint density at radius 2 is 1.89 bits per heavy atom. The first-order valence-corrected chi connectivity index (χ1v) is 9.85. The number of methoxy groups -OCH3 is 1. The van der Waals surface area contributed by atoms with Crippen LogP contribution in [0.25, 0.3) is 0 Å². The quantitative estimate of drug-likeness (QED) is 0.597. The molecular formula is C21H21N3O3S. The summed E-state index contributed by atoms with van der Waals surface area (Å²) in [5.74, 6) is 0. The number of nitrogens with zero attached hydrogens (tertiary/aromatic N) is 1. The number of amides is 2. The van der Waals surface area contributed by atoms with Crippen molar-refractivity contribution in [2.24, 2.45) is 0 Å². The molecule has 0 fully saturated rings. The van der Waals surface area contributed by atoms with Crippen LogP contribution < -0.4 is 10.6 Å². The van der Waals surface area contributed by atoms with Crippen molar-refractivity contribution in [3.63, 3.8) is 0 Å². The van der Waals surface area contributed by atoms with Gasteiger partial charge in [0.1, 0.15) is 0 Å². The Bertz CT molecular complexity index is 904. The normalized spacial score (nSPS) is 11.6. The molecule has 6 nitrogen and oxygen atoms in total. The van der Waals surface area contributed by atoms with E-state index in [9.17, 15) is 9.35 Å². The van der Waals surface area contributed by atoms with Gasteiger partial charge in [-0.3, -0.25) is 4.98 Å². The zero-order valence-corrected chi connectivity index (χ0v) is 16.2. The minimum atomic E-state index is -1.32. The number of ether oxygens (including phenoxy) is 1. The Labute approximate surface area is 167 Å². The van der Waals surface area contributed by atoms with Crippen LogP contribution in [-0.4, -0.2) is 22.7 Å². The molecule has 0 spiro atoms. The summed E-state index contributed by atoms with van der Waals surface area (Å²) in [5.41, 5.74) is 2.42. The molecule has 7 heteroatoms. The molecular weight excluding hydrogens is 374 g/mol. The molecule has 1 heterocycles. The van der Waals surface area contributed by atoms with Crippen molar-refractivity contribution in [2.75, 3.05) is 12.4 Å². The highest BCUT2D eigenvalue weighted by Gasteiger charge is 2.18. The summed E-state index contributed by atoms with van der Waals surface area (Å²) >= 11 is -1.32. The van der Waals surface area contributed by atoms with E-state index in [1.165, 1.54) is 0 Å². The van der Waals surface area contributed by atoms with Crippen LogP contribution in [0.2, 0.25) is 0 Å². The third kappa shape index (κ3) is 5.32. The Morgan fingerprint density at radius 3 is 2.61 bits per heavy atom. The highest BCUT2D eigenvalue weighted by atomic mass is 32.2. The van der Waals surface area contributed by atoms with Gasteiger partial charge in [-0.15, -0.1) is 0 Å². The lowest BCUT2D eigenvalue weighted by Crippen LogP contribution is -2.28. The molecule has 2 amide bonds. The molecule has 2 N–H and O–H groups in total. The molecule has 1 unspecified atom stereocenters. The maximum absolute atomic E-state index is 12.9. The topological polar surface area (TPSA) is 86.3 Å². The maximum atomic E-state index is 12.9. The van der Waals surface area contributed by atoms with Crippen molar-refractivity contribution in [3.05, 3.63) is 84.2 Å². The number of carbonyl (C=O) groups is 1. The lowest BCUT2D eigenvalue weighted by atomic mass is 10.2. The van der Waals surface area contributed by atoms with Gasteiger partial charge in [-0.1, -0.05) is 24.3 Å². The molecule has 28 heavy (non-hydrogen) atoms. The molecule has 0 radical (unpaired) electrons. The lowest BCUT2D eigenvalue weighted by Gasteiger charge is -2.14. The minimum absolute atomic E-state index is 0.317. The Balaban J connectivity index is 1.61. The molecule has 0 saturated heterocycles. The van der Waals surface area contributed by atoms with E-state index in [1.807, 2.05) is 36.4 Å². The fourth-order valence-electron chi connectivity index (χ4n) is 2.61. The fourth-order valence-corrected chi connectivity index (χ4v) is 3.81. The van der Waals surface area contributed by atoms with E-state index in [1.54, 1.807) is 43.8 Å². The number of urea groups is 1. The molecule has 3 rings (SSSR count). The van der Waals surface area contributed by atoms with Crippen LogP contribution in [0.4, 0.5) is 10.5 Å². The van der Waals surface area contributed by atoms with E-state index in [-0.39, 0.29) is 6.03 Å². The summed E-state index contributed by atoms with van der Waals surface area (Å²) in [6.07, 6.45) is 3.38. The Kier molecular flexibility index (Phi) is 7.02. The monoisotopic (exact) mass is 395 g/mol. The zero-order valence-electron chi connectivity index (χ0n) is 15.4. The summed E-state index contributed by atoms with van der Waals surface area (Å²) in [7, 11) is 1.61. The predicted molar refractivity (Wildman–Crippen MR) is 108 cm³/mol. The average Bonchev–Trinajstić information content (AvgIpc) is 2.74. The van der Waals surface area contributed by atoms with Gasteiger partial charge in [-0.05, 0) is 42.0 Å². The van der Waals surface area contributed by atoms with Crippen molar-refractivity contribution < 1.29 is 14.1 Å². The van der Waals surface area contributed by atoms with Gasteiger partial charge in [0.2, 0.25) is 0 Å². The fraction of sp³-hybridized carbons (Fsp3) is 0.143. The second kappa shape index (κ2) is 9.89. The van der Waals surface area contributed by atoms with Crippen LogP contribution in [0.5, 0.6) is 0 Å². The molecule has 144 valence electrons. The van der Waals surface area contributed by atoms with E-state index < -0.39 is 11.2 Å². The number of benzene rings is 2. The molecule has 0 bridgehead atoms. The number of pyridine rings is 1. The molecule has 2 aromatic carbocycles. The first kappa shape index (κ1) is 19.9. The van der Waals surface area contributed by atoms with Crippen molar-refractivity contribution in [1.82, 2.24) is 10.3 Å². The Morgan fingerprint density at radius 1 is 1.11 bits per heavy atom. The maximum Gasteiger partial charge on any atom is 0.319 e. The van der Waals surface area contributed by atoms with Gasteiger partial charge < -0.3 is 19.9 Å². The number of anilines is 1. The predicted octanol–water partition coefficient (Wildman–Crippen LogP) is 3.72. The summed E-state index contributed by atoms with van der Waals surface area (Å²) in [6, 6.07) is 17.8. The van der Waals surface area contributed by atoms with Gasteiger partial charge in [-0.25, -0.2) is 4.79 Å². The molecule has 1 atom stereocenters. The lowest BCUT2D eigenvalue weighted by molar-refractivity contribution is 0.182. The van der Waals surface area contributed by atoms with Crippen LogP contribution in [0.3, 0.4) is 0 Å². The number of carbonyl (C=O) groups excluding carboxylic acids is 1. The van der Waals surface area contributed by atoms with E-state index in [2.05, 4.69) is 15.6 Å². The van der Waals surface area contributed by atoms with E-state index in [4.69, 9.17) is 4.74 Å². The summed E-state index contributed by atoms with van der Waals surface area (Å²) in [4.78, 5) is 17.4. The van der Waals surface area contributed by atoms with Gasteiger partial charge >= 0.3 is 6.03 Å². The van der Waals surface area contributed by atoms with Gasteiger partial charge in [0.15, 0.2) is 9.79 Å².